The van der Waals surface area contributed by atoms with Gasteiger partial charge in [0.25, 0.3) is 0 Å². The van der Waals surface area contributed by atoms with Gasteiger partial charge in [0.1, 0.15) is 0 Å². The van der Waals surface area contributed by atoms with Crippen LogP contribution in [0.3, 0.4) is 0 Å². The first kappa shape index (κ1) is 16.6. The maximum Gasteiger partial charge on any atom is 0.230 e. The van der Waals surface area contributed by atoms with Gasteiger partial charge in [-0.05, 0) is 36.6 Å². The molecular weight excluding hydrogens is 326 g/mol. The van der Waals surface area contributed by atoms with E-state index in [4.69, 9.17) is 0 Å². The molecule has 2 aromatic heterocycles. The van der Waals surface area contributed by atoms with Gasteiger partial charge in [-0.15, -0.1) is 10.2 Å². The van der Waals surface area contributed by atoms with Crippen molar-refractivity contribution in [1.82, 2.24) is 15.2 Å². The number of carbonyl (C=O) groups excluding carboxylic acids is 1. The molecule has 4 rings (SSSR count). The summed E-state index contributed by atoms with van der Waals surface area (Å²) in [5.74, 6) is 1.29. The topological polar surface area (TPSA) is 73.9 Å². The summed E-state index contributed by atoms with van der Waals surface area (Å²) in [6.45, 7) is 2.06. The largest absolute Gasteiger partial charge is 0.361 e. The molecule has 1 fully saturated rings. The first-order valence-electron chi connectivity index (χ1n) is 9.23. The third-order valence-corrected chi connectivity index (χ3v) is 4.87. The van der Waals surface area contributed by atoms with Crippen LogP contribution in [0.4, 0.5) is 11.6 Å². The fourth-order valence-corrected chi connectivity index (χ4v) is 3.50. The van der Waals surface area contributed by atoms with E-state index >= 15 is 0 Å². The quantitative estimate of drug-likeness (QED) is 0.756. The highest BCUT2D eigenvalue weighted by Gasteiger charge is 2.13. The molecule has 0 aliphatic carbocycles. The lowest BCUT2D eigenvalue weighted by Gasteiger charge is -2.20. The van der Waals surface area contributed by atoms with E-state index in [1.807, 2.05) is 42.6 Å². The van der Waals surface area contributed by atoms with E-state index in [0.717, 1.165) is 35.4 Å². The molecule has 0 atom stereocenters. The Balaban J connectivity index is 1.39. The van der Waals surface area contributed by atoms with Crippen LogP contribution in [-0.4, -0.2) is 34.2 Å². The van der Waals surface area contributed by atoms with Crippen LogP contribution in [0.5, 0.6) is 0 Å². The standard InChI is InChI=1S/C20H23N5O/c26-20(13-15-14-21-17-8-4-3-7-16(15)17)22-18-9-10-19(24-23-18)25-11-5-1-2-6-12-25/h3-4,7-10,14,21H,1-2,5-6,11-13H2,(H,22,23,26). The van der Waals surface area contributed by atoms with Crippen LogP contribution >= 0.6 is 0 Å². The minimum atomic E-state index is -0.0911. The van der Waals surface area contributed by atoms with E-state index in [1.165, 1.54) is 25.7 Å². The lowest BCUT2D eigenvalue weighted by molar-refractivity contribution is -0.115. The molecule has 134 valence electrons. The molecule has 1 aliphatic rings. The number of H-pyrrole nitrogens is 1. The normalized spacial score (nSPS) is 15.0. The molecule has 2 N–H and O–H groups in total. The molecule has 0 saturated carbocycles. The zero-order chi connectivity index (χ0) is 17.8. The molecule has 3 aromatic rings. The van der Waals surface area contributed by atoms with Gasteiger partial charge >= 0.3 is 0 Å². The molecule has 0 bridgehead atoms. The van der Waals surface area contributed by atoms with Crippen molar-refractivity contribution in [3.05, 3.63) is 48.2 Å². The number of hydrogen-bond acceptors (Lipinski definition) is 4. The molecule has 0 spiro atoms. The zero-order valence-corrected chi connectivity index (χ0v) is 14.7. The molecule has 0 radical (unpaired) electrons. The number of aromatic amines is 1. The summed E-state index contributed by atoms with van der Waals surface area (Å²) >= 11 is 0. The van der Waals surface area contributed by atoms with Crippen LogP contribution < -0.4 is 10.2 Å². The number of rotatable bonds is 4. The summed E-state index contributed by atoms with van der Waals surface area (Å²) in [5, 5.41) is 12.4. The van der Waals surface area contributed by atoms with Gasteiger partial charge in [0, 0.05) is 30.2 Å². The van der Waals surface area contributed by atoms with Gasteiger partial charge in [0.2, 0.25) is 5.91 Å². The van der Waals surface area contributed by atoms with Crippen molar-refractivity contribution in [2.45, 2.75) is 32.1 Å². The number of amides is 1. The summed E-state index contributed by atoms with van der Waals surface area (Å²) in [7, 11) is 0. The first-order valence-corrected chi connectivity index (χ1v) is 9.23. The molecule has 3 heterocycles. The maximum atomic E-state index is 12.4. The second-order valence-electron chi connectivity index (χ2n) is 6.76. The van der Waals surface area contributed by atoms with E-state index in [0.29, 0.717) is 12.2 Å². The Morgan fingerprint density at radius 2 is 1.85 bits per heavy atom. The van der Waals surface area contributed by atoms with Crippen LogP contribution in [0.25, 0.3) is 10.9 Å². The lowest BCUT2D eigenvalue weighted by Crippen LogP contribution is -2.25. The average Bonchev–Trinajstić information content (AvgIpc) is 2.88. The molecule has 0 unspecified atom stereocenters. The Morgan fingerprint density at radius 1 is 1.04 bits per heavy atom. The van der Waals surface area contributed by atoms with E-state index < -0.39 is 0 Å². The van der Waals surface area contributed by atoms with Gasteiger partial charge in [-0.25, -0.2) is 0 Å². The number of hydrogen-bond donors (Lipinski definition) is 2. The van der Waals surface area contributed by atoms with Gasteiger partial charge in [-0.3, -0.25) is 4.79 Å². The number of benzene rings is 1. The summed E-state index contributed by atoms with van der Waals surface area (Å²) in [6, 6.07) is 11.8. The summed E-state index contributed by atoms with van der Waals surface area (Å²) < 4.78 is 0. The fraction of sp³-hybridized carbons (Fsp3) is 0.350. The number of fused-ring (bicyclic) bond motifs is 1. The second-order valence-corrected chi connectivity index (χ2v) is 6.76. The van der Waals surface area contributed by atoms with Crippen LogP contribution in [0, 0.1) is 0 Å². The number of para-hydroxylation sites is 1. The monoisotopic (exact) mass is 349 g/mol. The lowest BCUT2D eigenvalue weighted by atomic mass is 10.1. The molecule has 6 nitrogen and oxygen atoms in total. The fourth-order valence-electron chi connectivity index (χ4n) is 3.50. The van der Waals surface area contributed by atoms with Crippen molar-refractivity contribution < 1.29 is 4.79 Å². The Kier molecular flexibility index (Phi) is 4.82. The third-order valence-electron chi connectivity index (χ3n) is 4.87. The van der Waals surface area contributed by atoms with Crippen molar-refractivity contribution in [3.8, 4) is 0 Å². The zero-order valence-electron chi connectivity index (χ0n) is 14.7. The Morgan fingerprint density at radius 3 is 2.62 bits per heavy atom. The predicted molar refractivity (Wildman–Crippen MR) is 103 cm³/mol. The van der Waals surface area contributed by atoms with Crippen LogP contribution in [0.1, 0.15) is 31.2 Å². The van der Waals surface area contributed by atoms with Crippen molar-refractivity contribution in [3.63, 3.8) is 0 Å². The smallest absolute Gasteiger partial charge is 0.230 e. The number of carbonyl (C=O) groups is 1. The molecule has 1 saturated heterocycles. The van der Waals surface area contributed by atoms with E-state index in [1.54, 1.807) is 0 Å². The Bertz CT molecular complexity index is 879. The van der Waals surface area contributed by atoms with Gasteiger partial charge in [0.05, 0.1) is 6.42 Å². The number of nitrogens with zero attached hydrogens (tertiary/aromatic N) is 3. The number of anilines is 2. The Hall–Kier alpha value is -2.89. The predicted octanol–water partition coefficient (Wildman–Crippen LogP) is 3.52. The summed E-state index contributed by atoms with van der Waals surface area (Å²) in [5.41, 5.74) is 2.02. The average molecular weight is 349 g/mol. The number of aromatic nitrogens is 3. The Labute approximate surface area is 152 Å². The van der Waals surface area contributed by atoms with Crippen molar-refractivity contribution in [1.29, 1.82) is 0 Å². The molecule has 1 amide bonds. The maximum absolute atomic E-state index is 12.4. The second kappa shape index (κ2) is 7.56. The summed E-state index contributed by atoms with van der Waals surface area (Å²) in [4.78, 5) is 17.8. The van der Waals surface area contributed by atoms with Gasteiger partial charge in [-0.1, -0.05) is 31.0 Å². The van der Waals surface area contributed by atoms with E-state index in [2.05, 4.69) is 25.4 Å². The first-order chi connectivity index (χ1) is 12.8. The molecule has 1 aromatic carbocycles. The van der Waals surface area contributed by atoms with Crippen LogP contribution in [-0.2, 0) is 11.2 Å². The van der Waals surface area contributed by atoms with Crippen LogP contribution in [0.15, 0.2) is 42.6 Å². The van der Waals surface area contributed by atoms with Crippen molar-refractivity contribution in [2.24, 2.45) is 0 Å². The molecule has 26 heavy (non-hydrogen) atoms. The molecule has 1 aliphatic heterocycles. The van der Waals surface area contributed by atoms with Crippen molar-refractivity contribution in [2.75, 3.05) is 23.3 Å². The van der Waals surface area contributed by atoms with E-state index in [-0.39, 0.29) is 5.91 Å². The SMILES string of the molecule is O=C(Cc1c[nH]c2ccccc12)Nc1ccc(N2CCCCCC2)nn1. The minimum Gasteiger partial charge on any atom is -0.361 e. The van der Waals surface area contributed by atoms with Crippen molar-refractivity contribution >= 4 is 28.4 Å². The van der Waals surface area contributed by atoms with Gasteiger partial charge in [0.15, 0.2) is 11.6 Å². The van der Waals surface area contributed by atoms with E-state index in [9.17, 15) is 4.79 Å². The molecular formula is C20H23N5O. The third kappa shape index (κ3) is 3.69. The minimum absolute atomic E-state index is 0.0911. The van der Waals surface area contributed by atoms with Gasteiger partial charge < -0.3 is 15.2 Å². The highest BCUT2D eigenvalue weighted by Crippen LogP contribution is 2.19. The summed E-state index contributed by atoms with van der Waals surface area (Å²) in [6.07, 6.45) is 7.16. The van der Waals surface area contributed by atoms with Crippen LogP contribution in [0.2, 0.25) is 0 Å². The number of nitrogens with one attached hydrogen (secondary N) is 2. The highest BCUT2D eigenvalue weighted by molar-refractivity contribution is 5.95. The van der Waals surface area contributed by atoms with Gasteiger partial charge in [-0.2, -0.15) is 0 Å². The molecule has 6 heteroatoms. The highest BCUT2D eigenvalue weighted by atomic mass is 16.1.